The van der Waals surface area contributed by atoms with E-state index in [4.69, 9.17) is 0 Å². The first-order chi connectivity index (χ1) is 13.1. The van der Waals surface area contributed by atoms with Crippen molar-refractivity contribution in [3.8, 4) is 0 Å². The van der Waals surface area contributed by atoms with Crippen LogP contribution in [0.2, 0.25) is 0 Å². The molecule has 1 aromatic rings. The largest absolute Gasteiger partial charge is 0.331 e. The van der Waals surface area contributed by atoms with Gasteiger partial charge in [-0.1, -0.05) is 13.0 Å². The molecule has 0 radical (unpaired) electrons. The molecule has 1 fully saturated rings. The molecule has 156 valence electrons. The van der Waals surface area contributed by atoms with Crippen LogP contribution >= 0.6 is 0 Å². The van der Waals surface area contributed by atoms with Gasteiger partial charge in [0.15, 0.2) is 22.9 Å². The molecule has 0 saturated carbocycles. The molecule has 2 rings (SSSR count). The molecule has 1 aromatic carbocycles. The summed E-state index contributed by atoms with van der Waals surface area (Å²) in [5.74, 6) is -0.815. The second-order valence-electron chi connectivity index (χ2n) is 7.48. The lowest BCUT2D eigenvalue weighted by molar-refractivity contribution is -0.862. The Morgan fingerprint density at radius 2 is 2.07 bits per heavy atom. The van der Waals surface area contributed by atoms with Gasteiger partial charge >= 0.3 is 0 Å². The monoisotopic (exact) mass is 414 g/mol. The Kier molecular flexibility index (Phi) is 7.54. The summed E-state index contributed by atoms with van der Waals surface area (Å²) in [4.78, 5) is 27.4. The first-order valence-electron chi connectivity index (χ1n) is 9.49. The predicted octanol–water partition coefficient (Wildman–Crippen LogP) is 0.0931. The maximum atomic E-state index is 13.2. The molecule has 1 aliphatic rings. The van der Waals surface area contributed by atoms with Gasteiger partial charge in [0.1, 0.15) is 5.82 Å². The number of hydrogen-bond acceptors (Lipinski definition) is 4. The van der Waals surface area contributed by atoms with Gasteiger partial charge in [0.05, 0.1) is 18.6 Å². The summed E-state index contributed by atoms with van der Waals surface area (Å²) in [6.07, 6.45) is 1.18. The van der Waals surface area contributed by atoms with Crippen LogP contribution in [0.5, 0.6) is 0 Å². The summed E-state index contributed by atoms with van der Waals surface area (Å²) in [7, 11) is -1.37. The molecule has 1 aliphatic heterocycles. The Morgan fingerprint density at radius 1 is 1.36 bits per heavy atom. The highest BCUT2D eigenvalue weighted by Crippen LogP contribution is 2.21. The lowest BCUT2D eigenvalue weighted by Crippen LogP contribution is -3.11. The van der Waals surface area contributed by atoms with E-state index < -0.39 is 15.7 Å². The number of carbonyl (C=O) groups is 2. The Balaban J connectivity index is 1.95. The summed E-state index contributed by atoms with van der Waals surface area (Å²) < 4.78 is 36.8. The van der Waals surface area contributed by atoms with Crippen LogP contribution < -0.4 is 10.2 Å². The number of halogens is 1. The topological polar surface area (TPSA) is 88.0 Å². The van der Waals surface area contributed by atoms with E-state index in [0.717, 1.165) is 6.42 Å². The third-order valence-electron chi connectivity index (χ3n) is 4.98. The zero-order valence-electron chi connectivity index (χ0n) is 16.6. The molecule has 0 aromatic heterocycles. The number of benzene rings is 1. The Morgan fingerprint density at radius 3 is 2.64 bits per heavy atom. The molecule has 9 heteroatoms. The van der Waals surface area contributed by atoms with Crippen molar-refractivity contribution in [3.63, 3.8) is 0 Å². The third kappa shape index (κ3) is 6.27. The SMILES string of the molecule is CC[C@@H](C)N(C(=O)C[NH+](C)CC(=O)Nc1cccc(F)c1)[C@H]1CCS(=O)(=O)C1. The number of nitrogens with zero attached hydrogens (tertiary/aromatic N) is 1. The van der Waals surface area contributed by atoms with Gasteiger partial charge in [0.25, 0.3) is 11.8 Å². The number of sulfone groups is 1. The van der Waals surface area contributed by atoms with E-state index in [0.29, 0.717) is 17.0 Å². The highest BCUT2D eigenvalue weighted by Gasteiger charge is 2.37. The van der Waals surface area contributed by atoms with Gasteiger partial charge in [-0.2, -0.15) is 0 Å². The first kappa shape index (κ1) is 22.3. The third-order valence-corrected chi connectivity index (χ3v) is 6.73. The van der Waals surface area contributed by atoms with E-state index in [1.807, 2.05) is 13.8 Å². The average Bonchev–Trinajstić information content (AvgIpc) is 2.93. The van der Waals surface area contributed by atoms with E-state index in [2.05, 4.69) is 5.32 Å². The Bertz CT molecular complexity index is 815. The second kappa shape index (κ2) is 9.47. The minimum Gasteiger partial charge on any atom is -0.331 e. The summed E-state index contributed by atoms with van der Waals surface area (Å²) >= 11 is 0. The van der Waals surface area contributed by atoms with Gasteiger partial charge in [-0.25, -0.2) is 12.8 Å². The number of nitrogens with one attached hydrogen (secondary N) is 2. The number of carbonyl (C=O) groups excluding carboxylic acids is 2. The van der Waals surface area contributed by atoms with Gasteiger partial charge in [-0.05, 0) is 38.0 Å². The molecule has 3 atom stereocenters. The fraction of sp³-hybridized carbons (Fsp3) is 0.579. The van der Waals surface area contributed by atoms with Crippen LogP contribution in [0.25, 0.3) is 0 Å². The number of quaternary nitrogens is 1. The fourth-order valence-corrected chi connectivity index (χ4v) is 5.17. The van der Waals surface area contributed by atoms with Crippen molar-refractivity contribution in [2.75, 3.05) is 37.0 Å². The highest BCUT2D eigenvalue weighted by molar-refractivity contribution is 7.91. The van der Waals surface area contributed by atoms with Crippen LogP contribution in [0.1, 0.15) is 26.7 Å². The summed E-state index contributed by atoms with van der Waals surface area (Å²) in [6, 6.07) is 5.24. The van der Waals surface area contributed by atoms with Gasteiger partial charge < -0.3 is 15.1 Å². The smallest absolute Gasteiger partial charge is 0.279 e. The second-order valence-corrected chi connectivity index (χ2v) is 9.71. The molecule has 2 amide bonds. The van der Waals surface area contributed by atoms with Gasteiger partial charge in [0, 0.05) is 17.8 Å². The molecule has 1 saturated heterocycles. The zero-order valence-corrected chi connectivity index (χ0v) is 17.4. The molecule has 1 unspecified atom stereocenters. The molecule has 1 heterocycles. The van der Waals surface area contributed by atoms with Crippen molar-refractivity contribution in [3.05, 3.63) is 30.1 Å². The standard InChI is InChI=1S/C19H28FN3O4S/c1-4-14(2)23(17-8-9-28(26,27)13-17)19(25)12-22(3)11-18(24)21-16-7-5-6-15(20)10-16/h5-7,10,14,17H,4,8-9,11-13H2,1-3H3,(H,21,24)/p+1/t14-,17+/m1/s1. The molecule has 0 bridgehead atoms. The molecule has 28 heavy (non-hydrogen) atoms. The van der Waals surface area contributed by atoms with Gasteiger partial charge in [0.2, 0.25) is 0 Å². The van der Waals surface area contributed by atoms with E-state index in [1.165, 1.54) is 18.2 Å². The van der Waals surface area contributed by atoms with E-state index in [-0.39, 0.29) is 48.5 Å². The molecule has 7 nitrogen and oxygen atoms in total. The number of anilines is 1. The normalized spacial score (nSPS) is 20.4. The van der Waals surface area contributed by atoms with Crippen molar-refractivity contribution >= 4 is 27.3 Å². The van der Waals surface area contributed by atoms with Crippen LogP contribution in [0.4, 0.5) is 10.1 Å². The Hall–Kier alpha value is -2.00. The number of rotatable bonds is 8. The average molecular weight is 415 g/mol. The van der Waals surface area contributed by atoms with Crippen LogP contribution in [-0.4, -0.2) is 68.9 Å². The lowest BCUT2D eigenvalue weighted by atomic mass is 10.1. The first-order valence-corrected chi connectivity index (χ1v) is 11.3. The van der Waals surface area contributed by atoms with Crippen molar-refractivity contribution in [2.24, 2.45) is 0 Å². The van der Waals surface area contributed by atoms with Crippen LogP contribution in [0.15, 0.2) is 24.3 Å². The van der Waals surface area contributed by atoms with E-state index in [9.17, 15) is 22.4 Å². The summed E-state index contributed by atoms with van der Waals surface area (Å²) in [6.45, 7) is 3.99. The van der Waals surface area contributed by atoms with Crippen molar-refractivity contribution in [1.29, 1.82) is 0 Å². The molecule has 0 spiro atoms. The predicted molar refractivity (Wildman–Crippen MR) is 105 cm³/mol. The molecule has 2 N–H and O–H groups in total. The highest BCUT2D eigenvalue weighted by atomic mass is 32.2. The van der Waals surface area contributed by atoms with E-state index in [1.54, 1.807) is 18.0 Å². The van der Waals surface area contributed by atoms with Crippen molar-refractivity contribution in [1.82, 2.24) is 4.90 Å². The van der Waals surface area contributed by atoms with Crippen molar-refractivity contribution < 1.29 is 27.3 Å². The number of amides is 2. The van der Waals surface area contributed by atoms with Crippen LogP contribution in [-0.2, 0) is 19.4 Å². The van der Waals surface area contributed by atoms with Gasteiger partial charge in [-0.15, -0.1) is 0 Å². The fourth-order valence-electron chi connectivity index (χ4n) is 3.46. The van der Waals surface area contributed by atoms with Crippen molar-refractivity contribution in [2.45, 2.75) is 38.8 Å². The maximum Gasteiger partial charge on any atom is 0.279 e. The summed E-state index contributed by atoms with van der Waals surface area (Å²) in [5.41, 5.74) is 0.363. The zero-order chi connectivity index (χ0) is 20.9. The van der Waals surface area contributed by atoms with E-state index >= 15 is 0 Å². The minimum absolute atomic E-state index is 0.00217. The summed E-state index contributed by atoms with van der Waals surface area (Å²) in [5, 5.41) is 2.61. The molecule has 0 aliphatic carbocycles. The Labute approximate surface area is 165 Å². The lowest BCUT2D eigenvalue weighted by Gasteiger charge is -2.34. The van der Waals surface area contributed by atoms with Crippen LogP contribution in [0.3, 0.4) is 0 Å². The maximum absolute atomic E-state index is 13.2. The molecular weight excluding hydrogens is 385 g/mol. The minimum atomic E-state index is -3.10. The quantitative estimate of drug-likeness (QED) is 0.631. The van der Waals surface area contributed by atoms with Gasteiger partial charge in [-0.3, -0.25) is 9.59 Å². The van der Waals surface area contributed by atoms with Crippen LogP contribution in [0, 0.1) is 5.82 Å². The number of hydrogen-bond donors (Lipinski definition) is 2. The number of likely N-dealkylation sites (N-methyl/N-ethyl adjacent to an activating group) is 1. The molecular formula is C19H29FN3O4S+.